The number of hydrogen-bond donors (Lipinski definition) is 1. The molecule has 4 aromatic rings. The van der Waals surface area contributed by atoms with Gasteiger partial charge in [0.05, 0.1) is 0 Å². The van der Waals surface area contributed by atoms with Crippen molar-refractivity contribution >= 4 is 22.6 Å². The van der Waals surface area contributed by atoms with Crippen LogP contribution in [0.25, 0.3) is 10.8 Å². The molecule has 43 heavy (non-hydrogen) atoms. The van der Waals surface area contributed by atoms with Gasteiger partial charge in [0, 0.05) is 69.7 Å². The van der Waals surface area contributed by atoms with E-state index in [0.717, 1.165) is 77.2 Å². The van der Waals surface area contributed by atoms with Gasteiger partial charge in [-0.1, -0.05) is 54.6 Å². The van der Waals surface area contributed by atoms with Crippen LogP contribution in [-0.2, 0) is 24.4 Å². The topological polar surface area (TPSA) is 68.8 Å². The van der Waals surface area contributed by atoms with Gasteiger partial charge in [0.25, 0.3) is 5.91 Å². The predicted molar refractivity (Wildman–Crippen MR) is 170 cm³/mol. The fourth-order valence-corrected chi connectivity index (χ4v) is 6.44. The van der Waals surface area contributed by atoms with Gasteiger partial charge in [0.1, 0.15) is 0 Å². The molecule has 7 heteroatoms. The Balaban J connectivity index is 0.951. The number of pyridine rings is 1. The molecule has 3 heterocycles. The van der Waals surface area contributed by atoms with Crippen molar-refractivity contribution in [3.63, 3.8) is 0 Å². The summed E-state index contributed by atoms with van der Waals surface area (Å²) in [5.74, 6) is 0.412. The average molecular weight is 576 g/mol. The van der Waals surface area contributed by atoms with Crippen LogP contribution in [0.1, 0.15) is 46.3 Å². The molecule has 1 aromatic heterocycles. The van der Waals surface area contributed by atoms with Gasteiger partial charge >= 0.3 is 0 Å². The lowest BCUT2D eigenvalue weighted by Crippen LogP contribution is -2.43. The maximum absolute atomic E-state index is 13.4. The Morgan fingerprint density at radius 2 is 1.42 bits per heavy atom. The van der Waals surface area contributed by atoms with Crippen LogP contribution < -0.4 is 5.32 Å². The number of carbonyl (C=O) groups excluding carboxylic acids is 2. The smallest absolute Gasteiger partial charge is 0.251 e. The Bertz CT molecular complexity index is 1510. The highest BCUT2D eigenvalue weighted by molar-refractivity contribution is 5.94. The standard InChI is InChI=1S/C36H41N5O2/c42-35(38-25-33-7-3-6-30-5-1-2-8-34(30)33)31-11-9-28(10-12-31)26-39-19-4-20-41(24-23-39)36(43)32-15-21-40(22-16-32)27-29-13-17-37-18-14-29/h1-3,5-14,17-18,32H,4,15-16,19-27H2,(H,38,42). The summed E-state index contributed by atoms with van der Waals surface area (Å²) in [7, 11) is 0. The molecule has 7 nitrogen and oxygen atoms in total. The third-order valence-corrected chi connectivity index (χ3v) is 8.93. The summed E-state index contributed by atoms with van der Waals surface area (Å²) in [5.41, 5.74) is 4.25. The first kappa shape index (κ1) is 29.0. The Morgan fingerprint density at radius 1 is 0.721 bits per heavy atom. The largest absolute Gasteiger partial charge is 0.348 e. The van der Waals surface area contributed by atoms with E-state index in [1.54, 1.807) is 0 Å². The SMILES string of the molecule is O=C(NCc1cccc2ccccc12)c1ccc(CN2CCCN(C(=O)C3CCN(Cc4ccncc4)CC3)CC2)cc1. The Morgan fingerprint density at radius 3 is 2.21 bits per heavy atom. The molecule has 2 aliphatic rings. The molecule has 0 aliphatic carbocycles. The molecular formula is C36H41N5O2. The molecule has 6 rings (SSSR count). The van der Waals surface area contributed by atoms with Gasteiger partial charge in [-0.15, -0.1) is 0 Å². The molecule has 1 N–H and O–H groups in total. The van der Waals surface area contributed by atoms with Crippen molar-refractivity contribution in [1.82, 2.24) is 25.0 Å². The van der Waals surface area contributed by atoms with Crippen molar-refractivity contribution in [3.8, 4) is 0 Å². The van der Waals surface area contributed by atoms with Crippen LogP contribution in [0, 0.1) is 5.92 Å². The number of rotatable bonds is 8. The van der Waals surface area contributed by atoms with Crippen molar-refractivity contribution in [3.05, 3.63) is 114 Å². The second-order valence-electron chi connectivity index (χ2n) is 11.9. The van der Waals surface area contributed by atoms with Crippen molar-refractivity contribution in [2.75, 3.05) is 39.3 Å². The lowest BCUT2D eigenvalue weighted by molar-refractivity contribution is -0.137. The van der Waals surface area contributed by atoms with Crippen molar-refractivity contribution < 1.29 is 9.59 Å². The van der Waals surface area contributed by atoms with Gasteiger partial charge in [0.15, 0.2) is 0 Å². The maximum Gasteiger partial charge on any atom is 0.251 e. The molecule has 0 saturated carbocycles. The van der Waals surface area contributed by atoms with E-state index in [1.807, 2.05) is 42.7 Å². The summed E-state index contributed by atoms with van der Waals surface area (Å²) >= 11 is 0. The summed E-state index contributed by atoms with van der Waals surface area (Å²) in [6.45, 7) is 7.65. The van der Waals surface area contributed by atoms with Crippen LogP contribution in [-0.4, -0.2) is 70.8 Å². The molecule has 2 amide bonds. The van der Waals surface area contributed by atoms with Crippen molar-refractivity contribution in [1.29, 1.82) is 0 Å². The number of nitrogens with zero attached hydrogens (tertiary/aromatic N) is 4. The first-order valence-electron chi connectivity index (χ1n) is 15.6. The third kappa shape index (κ3) is 7.48. The quantitative estimate of drug-likeness (QED) is 0.316. The van der Waals surface area contributed by atoms with Gasteiger partial charge in [-0.3, -0.25) is 24.4 Å². The highest BCUT2D eigenvalue weighted by Crippen LogP contribution is 2.23. The number of nitrogens with one attached hydrogen (secondary N) is 1. The Hall–Kier alpha value is -4.07. The number of benzene rings is 3. The fraction of sp³-hybridized carbons (Fsp3) is 0.361. The van der Waals surface area contributed by atoms with Crippen LogP contribution in [0.3, 0.4) is 0 Å². The fourth-order valence-electron chi connectivity index (χ4n) is 6.44. The summed E-state index contributed by atoms with van der Waals surface area (Å²) in [6, 6.07) is 26.5. The zero-order valence-corrected chi connectivity index (χ0v) is 24.8. The van der Waals surface area contributed by atoms with Crippen LogP contribution in [0.2, 0.25) is 0 Å². The molecular weight excluding hydrogens is 534 g/mol. The van der Waals surface area contributed by atoms with Crippen LogP contribution in [0.15, 0.2) is 91.3 Å². The van der Waals surface area contributed by atoms with E-state index in [-0.39, 0.29) is 11.8 Å². The van der Waals surface area contributed by atoms with E-state index < -0.39 is 0 Å². The number of piperidine rings is 1. The molecule has 0 unspecified atom stereocenters. The number of carbonyl (C=O) groups is 2. The minimum atomic E-state index is -0.0633. The Labute approximate surface area is 254 Å². The van der Waals surface area contributed by atoms with Gasteiger partial charge in [-0.2, -0.15) is 0 Å². The minimum absolute atomic E-state index is 0.0633. The third-order valence-electron chi connectivity index (χ3n) is 8.93. The number of amides is 2. The zero-order chi connectivity index (χ0) is 29.4. The molecule has 0 radical (unpaired) electrons. The first-order valence-corrected chi connectivity index (χ1v) is 15.6. The van der Waals surface area contributed by atoms with Gasteiger partial charge < -0.3 is 10.2 Å². The molecule has 0 bridgehead atoms. The second kappa shape index (κ2) is 13.9. The van der Waals surface area contributed by atoms with E-state index in [2.05, 4.69) is 73.5 Å². The predicted octanol–water partition coefficient (Wildman–Crippen LogP) is 5.11. The molecule has 2 aliphatic heterocycles. The number of aromatic nitrogens is 1. The summed E-state index contributed by atoms with van der Waals surface area (Å²) < 4.78 is 0. The molecule has 2 fully saturated rings. The number of likely N-dealkylation sites (tertiary alicyclic amines) is 1. The van der Waals surface area contributed by atoms with E-state index in [4.69, 9.17) is 0 Å². The lowest BCUT2D eigenvalue weighted by atomic mass is 9.95. The second-order valence-corrected chi connectivity index (χ2v) is 11.9. The molecule has 0 spiro atoms. The van der Waals surface area contributed by atoms with Gasteiger partial charge in [-0.05, 0) is 84.1 Å². The maximum atomic E-state index is 13.4. The first-order chi connectivity index (χ1) is 21.1. The van der Waals surface area contributed by atoms with E-state index in [1.165, 1.54) is 21.9 Å². The Kier molecular flexibility index (Phi) is 9.40. The van der Waals surface area contributed by atoms with Gasteiger partial charge in [0.2, 0.25) is 5.91 Å². The monoisotopic (exact) mass is 575 g/mol. The van der Waals surface area contributed by atoms with Crippen molar-refractivity contribution in [2.24, 2.45) is 5.92 Å². The zero-order valence-electron chi connectivity index (χ0n) is 24.8. The van der Waals surface area contributed by atoms with E-state index >= 15 is 0 Å². The summed E-state index contributed by atoms with van der Waals surface area (Å²) in [6.07, 6.45) is 6.55. The highest BCUT2D eigenvalue weighted by atomic mass is 16.2. The summed E-state index contributed by atoms with van der Waals surface area (Å²) in [4.78, 5) is 37.3. The van der Waals surface area contributed by atoms with Crippen molar-refractivity contribution in [2.45, 2.75) is 38.9 Å². The molecule has 222 valence electrons. The van der Waals surface area contributed by atoms with E-state index in [0.29, 0.717) is 18.0 Å². The molecule has 2 saturated heterocycles. The normalized spacial score (nSPS) is 17.1. The van der Waals surface area contributed by atoms with E-state index in [9.17, 15) is 9.59 Å². The lowest BCUT2D eigenvalue weighted by Gasteiger charge is -2.34. The number of fused-ring (bicyclic) bond motifs is 1. The van der Waals surface area contributed by atoms with Crippen LogP contribution in [0.5, 0.6) is 0 Å². The summed E-state index contributed by atoms with van der Waals surface area (Å²) in [5, 5.41) is 5.43. The number of hydrogen-bond acceptors (Lipinski definition) is 5. The molecule has 0 atom stereocenters. The minimum Gasteiger partial charge on any atom is -0.348 e. The highest BCUT2D eigenvalue weighted by Gasteiger charge is 2.29. The van der Waals surface area contributed by atoms with Crippen LogP contribution >= 0.6 is 0 Å². The van der Waals surface area contributed by atoms with Crippen LogP contribution in [0.4, 0.5) is 0 Å². The molecule has 3 aromatic carbocycles. The average Bonchev–Trinajstić information content (AvgIpc) is 3.30. The van der Waals surface area contributed by atoms with Gasteiger partial charge in [-0.25, -0.2) is 0 Å².